The van der Waals surface area contributed by atoms with Crippen LogP contribution in [0, 0.1) is 17.0 Å². The molecule has 0 aromatic carbocycles. The highest BCUT2D eigenvalue weighted by Crippen LogP contribution is 2.29. The second kappa shape index (κ2) is 6.81. The minimum Gasteiger partial charge on any atom is -0.395 e. The largest absolute Gasteiger partial charge is 0.395 e. The third-order valence-electron chi connectivity index (χ3n) is 2.49. The highest BCUT2D eigenvalue weighted by molar-refractivity contribution is 5.62. The van der Waals surface area contributed by atoms with Gasteiger partial charge in [-0.05, 0) is 6.92 Å². The summed E-state index contributed by atoms with van der Waals surface area (Å²) in [6.07, 6.45) is 0. The predicted molar refractivity (Wildman–Crippen MR) is 69.4 cm³/mol. The van der Waals surface area contributed by atoms with Gasteiger partial charge in [-0.3, -0.25) is 10.1 Å². The number of aryl methyl sites for hydroxylation is 1. The van der Waals surface area contributed by atoms with Crippen molar-refractivity contribution < 1.29 is 15.1 Å². The molecule has 9 heteroatoms. The first-order valence-electron chi connectivity index (χ1n) is 5.72. The molecule has 0 aliphatic rings. The van der Waals surface area contributed by atoms with Crippen molar-refractivity contribution in [1.29, 1.82) is 0 Å². The second-order valence-corrected chi connectivity index (χ2v) is 3.75. The number of nitrogens with zero attached hydrogens (tertiary/aromatic N) is 4. The number of rotatable bonds is 7. The highest BCUT2D eigenvalue weighted by Gasteiger charge is 2.25. The van der Waals surface area contributed by atoms with Crippen LogP contribution in [-0.4, -0.2) is 58.5 Å². The summed E-state index contributed by atoms with van der Waals surface area (Å²) in [5.41, 5.74) is 0.00105. The van der Waals surface area contributed by atoms with E-state index in [0.717, 1.165) is 0 Å². The van der Waals surface area contributed by atoms with Crippen molar-refractivity contribution in [2.24, 2.45) is 0 Å². The van der Waals surface area contributed by atoms with E-state index in [4.69, 9.17) is 10.2 Å². The molecule has 0 radical (unpaired) electrons. The summed E-state index contributed by atoms with van der Waals surface area (Å²) in [5.74, 6) is 0.337. The van der Waals surface area contributed by atoms with E-state index in [-0.39, 0.29) is 49.5 Å². The van der Waals surface area contributed by atoms with E-state index in [1.54, 1.807) is 7.05 Å². The predicted octanol–water partition coefficient (Wildman–Crippen LogP) is -0.474. The number of anilines is 2. The van der Waals surface area contributed by atoms with Crippen molar-refractivity contribution in [3.63, 3.8) is 0 Å². The Morgan fingerprint density at radius 1 is 1.32 bits per heavy atom. The van der Waals surface area contributed by atoms with Crippen molar-refractivity contribution in [2.75, 3.05) is 43.6 Å². The van der Waals surface area contributed by atoms with Gasteiger partial charge in [0, 0.05) is 20.1 Å². The zero-order valence-corrected chi connectivity index (χ0v) is 10.8. The molecule has 1 aromatic heterocycles. The van der Waals surface area contributed by atoms with Gasteiger partial charge in [0.15, 0.2) is 0 Å². The zero-order chi connectivity index (χ0) is 14.4. The van der Waals surface area contributed by atoms with E-state index >= 15 is 0 Å². The SMILES string of the molecule is CNc1nc(C)c([N+](=O)[O-])c(N(CCO)CCO)n1. The van der Waals surface area contributed by atoms with Gasteiger partial charge in [0.25, 0.3) is 0 Å². The number of nitrogens with one attached hydrogen (secondary N) is 1. The zero-order valence-electron chi connectivity index (χ0n) is 10.8. The molecule has 106 valence electrons. The molecule has 1 rings (SSSR count). The summed E-state index contributed by atoms with van der Waals surface area (Å²) >= 11 is 0. The lowest BCUT2D eigenvalue weighted by Gasteiger charge is -2.22. The lowest BCUT2D eigenvalue weighted by Crippen LogP contribution is -2.31. The fraction of sp³-hybridized carbons (Fsp3) is 0.600. The number of hydrogen-bond donors (Lipinski definition) is 3. The summed E-state index contributed by atoms with van der Waals surface area (Å²) < 4.78 is 0. The number of aromatic nitrogens is 2. The maximum Gasteiger partial charge on any atom is 0.332 e. The summed E-state index contributed by atoms with van der Waals surface area (Å²) in [6.45, 7) is 1.40. The minimum absolute atomic E-state index is 0.0879. The van der Waals surface area contributed by atoms with Crippen molar-refractivity contribution >= 4 is 17.5 Å². The number of aliphatic hydroxyl groups excluding tert-OH is 2. The van der Waals surface area contributed by atoms with Crippen LogP contribution in [0.5, 0.6) is 0 Å². The monoisotopic (exact) mass is 271 g/mol. The Bertz CT molecular complexity index is 448. The normalized spacial score (nSPS) is 10.3. The second-order valence-electron chi connectivity index (χ2n) is 3.75. The molecule has 0 unspecified atom stereocenters. The van der Waals surface area contributed by atoms with E-state index in [0.29, 0.717) is 0 Å². The molecule has 9 nitrogen and oxygen atoms in total. The van der Waals surface area contributed by atoms with Crippen molar-refractivity contribution in [1.82, 2.24) is 9.97 Å². The number of nitro groups is 1. The Kier molecular flexibility index (Phi) is 5.39. The quantitative estimate of drug-likeness (QED) is 0.449. The van der Waals surface area contributed by atoms with E-state index in [9.17, 15) is 10.1 Å². The van der Waals surface area contributed by atoms with Crippen LogP contribution in [0.15, 0.2) is 0 Å². The van der Waals surface area contributed by atoms with Gasteiger partial charge in [-0.25, -0.2) is 4.98 Å². The first kappa shape index (κ1) is 15.1. The maximum atomic E-state index is 11.1. The average molecular weight is 271 g/mol. The van der Waals surface area contributed by atoms with E-state index in [1.165, 1.54) is 11.8 Å². The molecule has 1 heterocycles. The molecule has 0 aliphatic carbocycles. The molecule has 0 saturated heterocycles. The van der Waals surface area contributed by atoms with Gasteiger partial charge in [-0.1, -0.05) is 0 Å². The molecular weight excluding hydrogens is 254 g/mol. The van der Waals surface area contributed by atoms with Gasteiger partial charge in [0.1, 0.15) is 5.69 Å². The summed E-state index contributed by atoms with van der Waals surface area (Å²) in [4.78, 5) is 20.0. The Morgan fingerprint density at radius 2 is 1.89 bits per heavy atom. The van der Waals surface area contributed by atoms with Gasteiger partial charge < -0.3 is 20.4 Å². The van der Waals surface area contributed by atoms with Gasteiger partial charge in [0.2, 0.25) is 11.8 Å². The van der Waals surface area contributed by atoms with E-state index in [2.05, 4.69) is 15.3 Å². The highest BCUT2D eigenvalue weighted by atomic mass is 16.6. The van der Waals surface area contributed by atoms with E-state index < -0.39 is 4.92 Å². The average Bonchev–Trinajstić information content (AvgIpc) is 2.36. The van der Waals surface area contributed by atoms with Crippen molar-refractivity contribution in [3.05, 3.63) is 15.8 Å². The lowest BCUT2D eigenvalue weighted by atomic mass is 10.3. The summed E-state index contributed by atoms with van der Waals surface area (Å²) in [6, 6.07) is 0. The molecular formula is C10H17N5O4. The molecule has 0 spiro atoms. The fourth-order valence-electron chi connectivity index (χ4n) is 1.66. The standard InChI is InChI=1S/C10H17N5O4/c1-7-8(15(18)19)9(13-10(11-2)12-7)14(3-5-16)4-6-17/h16-17H,3-6H2,1-2H3,(H,11,12,13). The molecule has 0 atom stereocenters. The maximum absolute atomic E-state index is 11.1. The molecule has 0 aliphatic heterocycles. The lowest BCUT2D eigenvalue weighted by molar-refractivity contribution is -0.385. The Labute approximate surface area is 110 Å². The van der Waals surface area contributed by atoms with Crippen molar-refractivity contribution in [2.45, 2.75) is 6.92 Å². The first-order chi connectivity index (χ1) is 9.04. The van der Waals surface area contributed by atoms with Crippen LogP contribution in [-0.2, 0) is 0 Å². The minimum atomic E-state index is -0.564. The van der Waals surface area contributed by atoms with Crippen LogP contribution < -0.4 is 10.2 Å². The molecule has 0 fully saturated rings. The molecule has 0 bridgehead atoms. The molecule has 1 aromatic rings. The van der Waals surface area contributed by atoms with Gasteiger partial charge in [-0.2, -0.15) is 4.98 Å². The van der Waals surface area contributed by atoms with Crippen LogP contribution in [0.3, 0.4) is 0 Å². The molecule has 3 N–H and O–H groups in total. The van der Waals surface area contributed by atoms with Crippen LogP contribution >= 0.6 is 0 Å². The molecule has 0 saturated carbocycles. The van der Waals surface area contributed by atoms with Crippen LogP contribution in [0.4, 0.5) is 17.5 Å². The van der Waals surface area contributed by atoms with Crippen LogP contribution in [0.2, 0.25) is 0 Å². The fourth-order valence-corrected chi connectivity index (χ4v) is 1.66. The smallest absolute Gasteiger partial charge is 0.332 e. The Balaban J connectivity index is 3.34. The van der Waals surface area contributed by atoms with Crippen molar-refractivity contribution in [3.8, 4) is 0 Å². The van der Waals surface area contributed by atoms with Gasteiger partial charge in [0.05, 0.1) is 18.1 Å². The Hall–Kier alpha value is -2.00. The van der Waals surface area contributed by atoms with Gasteiger partial charge in [-0.15, -0.1) is 0 Å². The Morgan fingerprint density at radius 3 is 2.32 bits per heavy atom. The van der Waals surface area contributed by atoms with E-state index in [1.807, 2.05) is 0 Å². The first-order valence-corrected chi connectivity index (χ1v) is 5.72. The third-order valence-corrected chi connectivity index (χ3v) is 2.49. The summed E-state index contributed by atoms with van der Waals surface area (Å²) in [7, 11) is 1.60. The number of aliphatic hydroxyl groups is 2. The molecule has 19 heavy (non-hydrogen) atoms. The van der Waals surface area contributed by atoms with Crippen LogP contribution in [0.25, 0.3) is 0 Å². The topological polar surface area (TPSA) is 125 Å². The molecule has 0 amide bonds. The summed E-state index contributed by atoms with van der Waals surface area (Å²) in [5, 5.41) is 31.8. The van der Waals surface area contributed by atoms with Gasteiger partial charge >= 0.3 is 5.69 Å². The van der Waals surface area contributed by atoms with Crippen LogP contribution in [0.1, 0.15) is 5.69 Å². The number of hydrogen-bond acceptors (Lipinski definition) is 8. The third kappa shape index (κ3) is 3.48.